The number of rotatable bonds is 50. The van der Waals surface area contributed by atoms with Crippen molar-refractivity contribution in [2.75, 3.05) is 6.61 Å². The first kappa shape index (κ1) is 64.0. The molecular formula is C61H107NO5. The molecule has 0 aliphatic heterocycles. The Kier molecular flexibility index (Phi) is 51.6. The van der Waals surface area contributed by atoms with E-state index in [0.717, 1.165) is 77.0 Å². The van der Waals surface area contributed by atoms with E-state index in [0.29, 0.717) is 19.3 Å². The summed E-state index contributed by atoms with van der Waals surface area (Å²) in [4.78, 5) is 26.2. The smallest absolute Gasteiger partial charge is 0.306 e. The second kappa shape index (κ2) is 54.0. The molecule has 0 fully saturated rings. The van der Waals surface area contributed by atoms with Crippen LogP contribution in [0.15, 0.2) is 85.1 Å². The van der Waals surface area contributed by atoms with E-state index in [1.54, 1.807) is 0 Å². The van der Waals surface area contributed by atoms with Gasteiger partial charge in [0, 0.05) is 12.8 Å². The maximum Gasteiger partial charge on any atom is 0.306 e. The van der Waals surface area contributed by atoms with E-state index in [2.05, 4.69) is 105 Å². The Morgan fingerprint density at radius 3 is 1.22 bits per heavy atom. The van der Waals surface area contributed by atoms with Gasteiger partial charge < -0.3 is 20.3 Å². The number of aliphatic hydroxyl groups is 2. The van der Waals surface area contributed by atoms with Crippen molar-refractivity contribution in [1.29, 1.82) is 0 Å². The molecule has 0 aliphatic rings. The lowest BCUT2D eigenvalue weighted by Gasteiger charge is -2.24. The summed E-state index contributed by atoms with van der Waals surface area (Å²) in [5.74, 6) is -0.590. The third-order valence-electron chi connectivity index (χ3n) is 12.4. The number of aliphatic hydroxyl groups excluding tert-OH is 2. The maximum absolute atomic E-state index is 13.2. The fourth-order valence-corrected chi connectivity index (χ4v) is 8.12. The molecule has 0 spiro atoms. The summed E-state index contributed by atoms with van der Waals surface area (Å²) < 4.78 is 5.89. The summed E-state index contributed by atoms with van der Waals surface area (Å²) in [5, 5.41) is 23.8. The second-order valence-electron chi connectivity index (χ2n) is 19.0. The minimum atomic E-state index is -0.817. The third-order valence-corrected chi connectivity index (χ3v) is 12.4. The highest BCUT2D eigenvalue weighted by Crippen LogP contribution is 2.16. The van der Waals surface area contributed by atoms with Gasteiger partial charge in [-0.25, -0.2) is 0 Å². The quantitative estimate of drug-likeness (QED) is 0.0321. The van der Waals surface area contributed by atoms with Gasteiger partial charge in [0.15, 0.2) is 0 Å². The van der Waals surface area contributed by atoms with Gasteiger partial charge in [0.05, 0.1) is 25.2 Å². The zero-order chi connectivity index (χ0) is 48.8. The van der Waals surface area contributed by atoms with Gasteiger partial charge >= 0.3 is 5.97 Å². The van der Waals surface area contributed by atoms with Crippen molar-refractivity contribution >= 4 is 11.9 Å². The van der Waals surface area contributed by atoms with Crippen molar-refractivity contribution in [3.63, 3.8) is 0 Å². The Hall–Kier alpha value is -2.96. The number of carbonyl (C=O) groups is 2. The van der Waals surface area contributed by atoms with Crippen LogP contribution in [0.3, 0.4) is 0 Å². The zero-order valence-corrected chi connectivity index (χ0v) is 44.0. The lowest BCUT2D eigenvalue weighted by molar-refractivity contribution is -0.150. The molecule has 6 heteroatoms. The van der Waals surface area contributed by atoms with E-state index >= 15 is 0 Å². The molecule has 0 aromatic rings. The first-order chi connectivity index (χ1) is 33.0. The first-order valence-corrected chi connectivity index (χ1v) is 28.3. The number of ether oxygens (including phenoxy) is 1. The van der Waals surface area contributed by atoms with Gasteiger partial charge in [-0.1, -0.05) is 247 Å². The van der Waals surface area contributed by atoms with Crippen molar-refractivity contribution in [1.82, 2.24) is 5.32 Å². The third kappa shape index (κ3) is 49.3. The van der Waals surface area contributed by atoms with Crippen LogP contribution in [-0.4, -0.2) is 46.9 Å². The number of nitrogens with one attached hydrogen (secondary N) is 1. The van der Waals surface area contributed by atoms with E-state index in [-0.39, 0.29) is 24.9 Å². The predicted octanol–water partition coefficient (Wildman–Crippen LogP) is 17.5. The van der Waals surface area contributed by atoms with Crippen LogP contribution >= 0.6 is 0 Å². The molecule has 6 nitrogen and oxygen atoms in total. The van der Waals surface area contributed by atoms with Crippen molar-refractivity contribution in [2.45, 2.75) is 283 Å². The molecule has 0 rings (SSSR count). The molecule has 0 aliphatic carbocycles. The fraction of sp³-hybridized carbons (Fsp3) is 0.738. The number of unbranched alkanes of at least 4 members (excludes halogenated alkanes) is 25. The van der Waals surface area contributed by atoms with Gasteiger partial charge in [0.1, 0.15) is 6.10 Å². The van der Waals surface area contributed by atoms with Crippen LogP contribution in [0.25, 0.3) is 0 Å². The standard InChI is InChI=1S/C61H107NO5/c1-4-7-10-13-16-19-22-25-28-29-30-31-33-36-39-42-45-48-51-54-61(66)67-57(52-49-46-43-40-37-34-32-26-23-20-17-14-11-8-5-2)55-60(65)62-58(56-63)59(64)53-50-47-44-41-38-35-27-24-21-18-15-12-9-6-3/h16-17,19-20,25-26,28,30-32,37,40,46,49,57-59,63-64H,4-15,18,21-24,27,29,33-36,38-39,41-45,47-48,50-56H2,1-3H3,(H,62,65)/b19-16-,20-17-,28-25-,31-30-,32-26-,40-37-,49-46-. The molecule has 0 aromatic heterocycles. The molecule has 0 bridgehead atoms. The van der Waals surface area contributed by atoms with E-state index in [9.17, 15) is 19.8 Å². The average molecular weight is 935 g/mol. The molecule has 0 saturated heterocycles. The van der Waals surface area contributed by atoms with Crippen molar-refractivity contribution < 1.29 is 24.5 Å². The monoisotopic (exact) mass is 934 g/mol. The highest BCUT2D eigenvalue weighted by Gasteiger charge is 2.23. The molecular weight excluding hydrogens is 827 g/mol. The topological polar surface area (TPSA) is 95.9 Å². The van der Waals surface area contributed by atoms with Crippen molar-refractivity contribution in [3.8, 4) is 0 Å². The number of esters is 1. The van der Waals surface area contributed by atoms with Gasteiger partial charge in [0.2, 0.25) is 5.91 Å². The SMILES string of the molecule is CCCCC/C=C\C/C=C\C/C=C\C/C=C\CC(CC(=O)NC(CO)C(O)CCCCCCCCCCCCCCCC)OC(=O)CCCCCCCC/C=C\C/C=C\C/C=C\CCCCC. The van der Waals surface area contributed by atoms with Gasteiger partial charge in [0.25, 0.3) is 0 Å². The first-order valence-electron chi connectivity index (χ1n) is 28.3. The minimum absolute atomic E-state index is 0.00683. The van der Waals surface area contributed by atoms with Gasteiger partial charge in [-0.2, -0.15) is 0 Å². The van der Waals surface area contributed by atoms with Crippen LogP contribution in [0.2, 0.25) is 0 Å². The lowest BCUT2D eigenvalue weighted by Crippen LogP contribution is -2.46. The molecule has 67 heavy (non-hydrogen) atoms. The van der Waals surface area contributed by atoms with Crippen molar-refractivity contribution in [3.05, 3.63) is 85.1 Å². The summed E-state index contributed by atoms with van der Waals surface area (Å²) >= 11 is 0. The Bertz CT molecular complexity index is 1280. The van der Waals surface area contributed by atoms with E-state index in [4.69, 9.17) is 4.74 Å². The normalized spacial score (nSPS) is 13.8. The Morgan fingerprint density at radius 1 is 0.448 bits per heavy atom. The Labute approximate surface area is 414 Å². The number of amides is 1. The molecule has 386 valence electrons. The van der Waals surface area contributed by atoms with Crippen LogP contribution in [0.4, 0.5) is 0 Å². The summed E-state index contributed by atoms with van der Waals surface area (Å²) in [6, 6.07) is -0.738. The van der Waals surface area contributed by atoms with E-state index in [1.165, 1.54) is 141 Å². The maximum atomic E-state index is 13.2. The largest absolute Gasteiger partial charge is 0.461 e. The number of allylic oxidation sites excluding steroid dienone is 13. The highest BCUT2D eigenvalue weighted by molar-refractivity contribution is 5.77. The predicted molar refractivity (Wildman–Crippen MR) is 291 cm³/mol. The molecule has 3 unspecified atom stereocenters. The molecule has 3 atom stereocenters. The molecule has 1 amide bonds. The molecule has 0 heterocycles. The summed E-state index contributed by atoms with van der Waals surface area (Å²) in [7, 11) is 0. The van der Waals surface area contributed by atoms with Gasteiger partial charge in [-0.05, 0) is 83.5 Å². The van der Waals surface area contributed by atoms with Gasteiger partial charge in [-0.3, -0.25) is 9.59 Å². The average Bonchev–Trinajstić information content (AvgIpc) is 3.32. The molecule has 0 radical (unpaired) electrons. The second-order valence-corrected chi connectivity index (χ2v) is 19.0. The van der Waals surface area contributed by atoms with Crippen LogP contribution in [0.5, 0.6) is 0 Å². The molecule has 3 N–H and O–H groups in total. The number of hydrogen-bond acceptors (Lipinski definition) is 5. The highest BCUT2D eigenvalue weighted by atomic mass is 16.5. The molecule has 0 saturated carbocycles. The van der Waals surface area contributed by atoms with E-state index in [1.807, 2.05) is 6.08 Å². The number of hydrogen-bond donors (Lipinski definition) is 3. The fourth-order valence-electron chi connectivity index (χ4n) is 8.12. The van der Waals surface area contributed by atoms with Crippen LogP contribution < -0.4 is 5.32 Å². The van der Waals surface area contributed by atoms with Crippen LogP contribution in [0.1, 0.15) is 265 Å². The van der Waals surface area contributed by atoms with Crippen molar-refractivity contribution in [2.24, 2.45) is 0 Å². The Morgan fingerprint density at radius 2 is 0.791 bits per heavy atom. The Balaban J connectivity index is 4.70. The summed E-state index contributed by atoms with van der Waals surface area (Å²) in [6.45, 7) is 6.41. The lowest BCUT2D eigenvalue weighted by atomic mass is 10.0. The number of carbonyl (C=O) groups excluding carboxylic acids is 2. The van der Waals surface area contributed by atoms with Gasteiger partial charge in [-0.15, -0.1) is 0 Å². The van der Waals surface area contributed by atoms with E-state index < -0.39 is 18.2 Å². The summed E-state index contributed by atoms with van der Waals surface area (Å²) in [5.41, 5.74) is 0. The van der Waals surface area contributed by atoms with Crippen LogP contribution in [0, 0.1) is 0 Å². The summed E-state index contributed by atoms with van der Waals surface area (Å²) in [6.07, 6.45) is 70.8. The van der Waals surface area contributed by atoms with Crippen LogP contribution in [-0.2, 0) is 14.3 Å². The molecule has 0 aromatic carbocycles. The zero-order valence-electron chi connectivity index (χ0n) is 44.0. The minimum Gasteiger partial charge on any atom is -0.461 e.